The number of halogens is 2. The van der Waals surface area contributed by atoms with Crippen LogP contribution >= 0.6 is 23.2 Å². The first-order valence-electron chi connectivity index (χ1n) is 10.5. The van der Waals surface area contributed by atoms with Crippen LogP contribution in [-0.2, 0) is 6.42 Å². The molecule has 4 aromatic rings. The van der Waals surface area contributed by atoms with Crippen molar-refractivity contribution in [2.75, 3.05) is 0 Å². The fraction of sp³-hybridized carbons (Fsp3) is 0.154. The molecule has 0 amide bonds. The van der Waals surface area contributed by atoms with Crippen molar-refractivity contribution >= 4 is 29.0 Å². The second kappa shape index (κ2) is 9.60. The van der Waals surface area contributed by atoms with E-state index < -0.39 is 0 Å². The Hall–Kier alpha value is -3.08. The van der Waals surface area contributed by atoms with E-state index in [0.29, 0.717) is 33.8 Å². The molecule has 0 bridgehead atoms. The van der Waals surface area contributed by atoms with Crippen molar-refractivity contribution in [1.82, 2.24) is 9.78 Å². The summed E-state index contributed by atoms with van der Waals surface area (Å²) in [4.78, 5) is 13.7. The molecule has 1 N–H and O–H groups in total. The quantitative estimate of drug-likeness (QED) is 0.296. The van der Waals surface area contributed by atoms with Crippen LogP contribution in [0.15, 0.2) is 72.8 Å². The first-order valence-corrected chi connectivity index (χ1v) is 11.2. The number of phenols is 1. The van der Waals surface area contributed by atoms with Gasteiger partial charge < -0.3 is 5.11 Å². The van der Waals surface area contributed by atoms with Gasteiger partial charge in [0.15, 0.2) is 5.78 Å². The average Bonchev–Trinajstić information content (AvgIpc) is 3.19. The molecular weight excluding hydrogens is 443 g/mol. The Kier molecular flexibility index (Phi) is 6.63. The van der Waals surface area contributed by atoms with Gasteiger partial charge >= 0.3 is 0 Å². The largest absolute Gasteiger partial charge is 0.506 e. The van der Waals surface area contributed by atoms with Crippen LogP contribution in [0.4, 0.5) is 0 Å². The molecule has 1 aromatic heterocycles. The van der Waals surface area contributed by atoms with Gasteiger partial charge in [-0.2, -0.15) is 5.10 Å². The van der Waals surface area contributed by atoms with Crippen LogP contribution in [0, 0.1) is 0 Å². The van der Waals surface area contributed by atoms with E-state index in [9.17, 15) is 9.90 Å². The van der Waals surface area contributed by atoms with E-state index in [1.54, 1.807) is 22.9 Å². The number of para-hydroxylation sites is 1. The van der Waals surface area contributed by atoms with Gasteiger partial charge in [0.05, 0.1) is 22.0 Å². The Morgan fingerprint density at radius 2 is 1.66 bits per heavy atom. The number of phenolic OH excluding ortho intramolecular Hbond substituents is 1. The lowest BCUT2D eigenvalue weighted by atomic mass is 9.95. The molecule has 0 unspecified atom stereocenters. The van der Waals surface area contributed by atoms with Crippen LogP contribution in [0.2, 0.25) is 10.0 Å². The Balaban J connectivity index is 2.04. The third-order valence-electron chi connectivity index (χ3n) is 5.30. The average molecular weight is 465 g/mol. The standard InChI is InChI=1S/C26H22Cl2N2O2/c1-2-3-14-22-23(25(31)17-10-6-4-7-11-17)24(20-15-18(27)16-21(28)26(20)32)29-30(22)19-12-8-5-9-13-19/h4-13,15-16,32H,2-3,14H2,1H3. The topological polar surface area (TPSA) is 55.1 Å². The summed E-state index contributed by atoms with van der Waals surface area (Å²) in [6.07, 6.45) is 2.50. The molecular formula is C26H22Cl2N2O2. The zero-order chi connectivity index (χ0) is 22.7. The molecule has 4 nitrogen and oxygen atoms in total. The molecule has 0 aliphatic carbocycles. The molecule has 0 aliphatic rings. The minimum absolute atomic E-state index is 0.106. The SMILES string of the molecule is CCCCc1c(C(=O)c2ccccc2)c(-c2cc(Cl)cc(Cl)c2O)nn1-c1ccccc1. The molecule has 0 saturated heterocycles. The van der Waals surface area contributed by atoms with E-state index >= 15 is 0 Å². The molecule has 32 heavy (non-hydrogen) atoms. The molecule has 6 heteroatoms. The maximum atomic E-state index is 13.7. The highest BCUT2D eigenvalue weighted by Gasteiger charge is 2.28. The lowest BCUT2D eigenvalue weighted by molar-refractivity contribution is 0.103. The number of benzene rings is 3. The van der Waals surface area contributed by atoms with Crippen LogP contribution in [0.1, 0.15) is 41.4 Å². The number of unbranched alkanes of at least 4 members (excludes halogenated alkanes) is 1. The van der Waals surface area contributed by atoms with Crippen molar-refractivity contribution < 1.29 is 9.90 Å². The van der Waals surface area contributed by atoms with Gasteiger partial charge in [-0.15, -0.1) is 0 Å². The second-order valence-electron chi connectivity index (χ2n) is 7.50. The number of hydrogen-bond acceptors (Lipinski definition) is 3. The molecule has 0 radical (unpaired) electrons. The Morgan fingerprint density at radius 1 is 1.00 bits per heavy atom. The van der Waals surface area contributed by atoms with Crippen LogP contribution in [0.25, 0.3) is 16.9 Å². The van der Waals surface area contributed by atoms with Crippen LogP contribution in [0.3, 0.4) is 0 Å². The summed E-state index contributed by atoms with van der Waals surface area (Å²) in [5, 5.41) is 16.0. The summed E-state index contributed by atoms with van der Waals surface area (Å²) >= 11 is 12.5. The van der Waals surface area contributed by atoms with Crippen LogP contribution < -0.4 is 0 Å². The first-order chi connectivity index (χ1) is 15.5. The van der Waals surface area contributed by atoms with Gasteiger partial charge in [0, 0.05) is 16.1 Å². The summed E-state index contributed by atoms with van der Waals surface area (Å²) in [6.45, 7) is 2.10. The fourth-order valence-electron chi connectivity index (χ4n) is 3.72. The van der Waals surface area contributed by atoms with Crippen LogP contribution in [0.5, 0.6) is 5.75 Å². The zero-order valence-electron chi connectivity index (χ0n) is 17.6. The number of rotatable bonds is 7. The molecule has 0 aliphatic heterocycles. The Bertz CT molecular complexity index is 1250. The highest BCUT2D eigenvalue weighted by atomic mass is 35.5. The van der Waals surface area contributed by atoms with Gasteiger partial charge in [0.2, 0.25) is 0 Å². The third-order valence-corrected chi connectivity index (χ3v) is 5.80. The number of aromatic nitrogens is 2. The second-order valence-corrected chi connectivity index (χ2v) is 8.34. The third kappa shape index (κ3) is 4.29. The maximum Gasteiger partial charge on any atom is 0.197 e. The lowest BCUT2D eigenvalue weighted by Crippen LogP contribution is -2.08. The normalized spacial score (nSPS) is 11.0. The van der Waals surface area contributed by atoms with Gasteiger partial charge in [-0.05, 0) is 37.1 Å². The van der Waals surface area contributed by atoms with Gasteiger partial charge in [-0.3, -0.25) is 4.79 Å². The molecule has 3 aromatic carbocycles. The fourth-order valence-corrected chi connectivity index (χ4v) is 4.21. The number of nitrogens with zero attached hydrogens (tertiary/aromatic N) is 2. The molecule has 1 heterocycles. The number of carbonyl (C=O) groups is 1. The van der Waals surface area contributed by atoms with Gasteiger partial charge in [0.1, 0.15) is 11.4 Å². The summed E-state index contributed by atoms with van der Waals surface area (Å²) in [6, 6.07) is 21.8. The smallest absolute Gasteiger partial charge is 0.197 e. The summed E-state index contributed by atoms with van der Waals surface area (Å²) in [5.74, 6) is -0.317. The lowest BCUT2D eigenvalue weighted by Gasteiger charge is -2.10. The van der Waals surface area contributed by atoms with Crippen molar-refractivity contribution in [3.8, 4) is 22.7 Å². The van der Waals surface area contributed by atoms with E-state index in [-0.39, 0.29) is 16.6 Å². The van der Waals surface area contributed by atoms with E-state index in [4.69, 9.17) is 28.3 Å². The highest BCUT2D eigenvalue weighted by molar-refractivity contribution is 6.36. The van der Waals surface area contributed by atoms with E-state index in [1.165, 1.54) is 6.07 Å². The monoisotopic (exact) mass is 464 g/mol. The summed E-state index contributed by atoms with van der Waals surface area (Å²) in [5.41, 5.74) is 3.30. The van der Waals surface area contributed by atoms with Crippen molar-refractivity contribution in [2.24, 2.45) is 0 Å². The maximum absolute atomic E-state index is 13.7. The number of carbonyl (C=O) groups excluding carboxylic acids is 1. The van der Waals surface area contributed by atoms with E-state index in [0.717, 1.165) is 24.2 Å². The van der Waals surface area contributed by atoms with E-state index in [2.05, 4.69) is 6.92 Å². The molecule has 0 atom stereocenters. The van der Waals surface area contributed by atoms with Crippen molar-refractivity contribution in [1.29, 1.82) is 0 Å². The highest BCUT2D eigenvalue weighted by Crippen LogP contribution is 2.40. The Morgan fingerprint density at radius 3 is 2.31 bits per heavy atom. The molecule has 0 fully saturated rings. The minimum Gasteiger partial charge on any atom is -0.506 e. The number of ketones is 1. The minimum atomic E-state index is -0.163. The molecule has 0 spiro atoms. The number of hydrogen-bond donors (Lipinski definition) is 1. The number of aromatic hydroxyl groups is 1. The molecule has 0 saturated carbocycles. The van der Waals surface area contributed by atoms with Crippen molar-refractivity contribution in [3.05, 3.63) is 99.7 Å². The summed E-state index contributed by atoms with van der Waals surface area (Å²) < 4.78 is 1.79. The predicted molar refractivity (Wildman–Crippen MR) is 129 cm³/mol. The van der Waals surface area contributed by atoms with Gasteiger partial charge in [-0.1, -0.05) is 85.1 Å². The molecule has 162 valence electrons. The first kappa shape index (κ1) is 22.1. The molecule has 4 rings (SSSR count). The Labute approximate surface area is 197 Å². The van der Waals surface area contributed by atoms with Crippen molar-refractivity contribution in [3.63, 3.8) is 0 Å². The summed E-state index contributed by atoms with van der Waals surface area (Å²) in [7, 11) is 0. The van der Waals surface area contributed by atoms with Crippen molar-refractivity contribution in [2.45, 2.75) is 26.2 Å². The van der Waals surface area contributed by atoms with Gasteiger partial charge in [0.25, 0.3) is 0 Å². The van der Waals surface area contributed by atoms with Gasteiger partial charge in [-0.25, -0.2) is 4.68 Å². The zero-order valence-corrected chi connectivity index (χ0v) is 19.1. The predicted octanol–water partition coefficient (Wildman–Crippen LogP) is 7.13. The van der Waals surface area contributed by atoms with Crippen LogP contribution in [-0.4, -0.2) is 20.7 Å². The van der Waals surface area contributed by atoms with E-state index in [1.807, 2.05) is 48.5 Å².